The summed E-state index contributed by atoms with van der Waals surface area (Å²) in [6, 6.07) is 9.77. The molecule has 0 radical (unpaired) electrons. The number of carbonyl (C=O) groups is 1. The highest BCUT2D eigenvalue weighted by Gasteiger charge is 2.30. The molecule has 2 atom stereocenters. The first-order chi connectivity index (χ1) is 14.5. The Balaban J connectivity index is 1.50. The number of nitrogens with one attached hydrogen (secondary N) is 1. The van der Waals surface area contributed by atoms with Crippen LogP contribution >= 0.6 is 0 Å². The minimum atomic E-state index is -0.885. The second-order valence-electron chi connectivity index (χ2n) is 8.26. The summed E-state index contributed by atoms with van der Waals surface area (Å²) in [5.74, 6) is -0.529. The summed E-state index contributed by atoms with van der Waals surface area (Å²) in [5, 5.41) is 2.97. The van der Waals surface area contributed by atoms with Gasteiger partial charge in [-0.25, -0.2) is 8.78 Å². The number of hydrogen-bond acceptors (Lipinski definition) is 3. The molecule has 1 aliphatic heterocycles. The average Bonchev–Trinajstić information content (AvgIpc) is 3.25. The Morgan fingerprint density at radius 3 is 2.57 bits per heavy atom. The smallest absolute Gasteiger partial charge is 0.223 e. The molecule has 2 aliphatic rings. The monoisotopic (exact) mass is 415 g/mol. The van der Waals surface area contributed by atoms with Gasteiger partial charge in [0.1, 0.15) is 0 Å². The van der Waals surface area contributed by atoms with E-state index in [4.69, 9.17) is 9.47 Å². The largest absolute Gasteiger partial charge is 0.493 e. The van der Waals surface area contributed by atoms with Crippen molar-refractivity contribution in [2.24, 2.45) is 5.92 Å². The average molecular weight is 415 g/mol. The van der Waals surface area contributed by atoms with Crippen molar-refractivity contribution < 1.29 is 23.0 Å². The first-order valence-corrected chi connectivity index (χ1v) is 10.6. The van der Waals surface area contributed by atoms with Gasteiger partial charge in [0.05, 0.1) is 13.2 Å². The number of ether oxygens (including phenoxy) is 2. The van der Waals surface area contributed by atoms with Gasteiger partial charge in [-0.3, -0.25) is 4.79 Å². The van der Waals surface area contributed by atoms with Crippen LogP contribution in [0.3, 0.4) is 0 Å². The predicted octanol–water partition coefficient (Wildman–Crippen LogP) is 4.76. The fraction of sp³-hybridized carbons (Fsp3) is 0.458. The molecular weight excluding hydrogens is 388 g/mol. The van der Waals surface area contributed by atoms with Gasteiger partial charge in [-0.1, -0.05) is 12.1 Å². The molecule has 0 unspecified atom stereocenters. The van der Waals surface area contributed by atoms with Crippen LogP contribution in [0, 0.1) is 17.6 Å². The number of benzene rings is 2. The number of amides is 1. The number of rotatable bonds is 6. The lowest BCUT2D eigenvalue weighted by Gasteiger charge is -2.30. The topological polar surface area (TPSA) is 47.6 Å². The molecule has 1 saturated heterocycles. The fourth-order valence-electron chi connectivity index (χ4n) is 4.51. The third-order valence-electron chi connectivity index (χ3n) is 6.18. The Hall–Kier alpha value is -2.63. The van der Waals surface area contributed by atoms with Gasteiger partial charge in [0.25, 0.3) is 0 Å². The van der Waals surface area contributed by atoms with E-state index in [-0.39, 0.29) is 23.8 Å². The summed E-state index contributed by atoms with van der Waals surface area (Å²) in [7, 11) is 1.63. The summed E-state index contributed by atoms with van der Waals surface area (Å²) in [6.07, 6.45) is 5.73. The molecule has 30 heavy (non-hydrogen) atoms. The SMILES string of the molecule is COc1ccc([C@H]2CNC(=O)[C@H](Cc3ccc(F)c(F)c3)C2)cc1OC1CCCC1. The Kier molecular flexibility index (Phi) is 6.21. The van der Waals surface area contributed by atoms with Gasteiger partial charge in [0, 0.05) is 18.4 Å². The molecule has 0 aromatic heterocycles. The number of hydrogen-bond donors (Lipinski definition) is 1. The van der Waals surface area contributed by atoms with Gasteiger partial charge in [0.15, 0.2) is 23.1 Å². The maximum Gasteiger partial charge on any atom is 0.223 e. The summed E-state index contributed by atoms with van der Waals surface area (Å²) >= 11 is 0. The van der Waals surface area contributed by atoms with Crippen LogP contribution in [0.5, 0.6) is 11.5 Å². The van der Waals surface area contributed by atoms with Crippen LogP contribution in [0.15, 0.2) is 36.4 Å². The molecule has 2 aromatic rings. The number of piperidine rings is 1. The molecule has 2 fully saturated rings. The van der Waals surface area contributed by atoms with Crippen LogP contribution in [0.4, 0.5) is 8.78 Å². The first kappa shape index (κ1) is 20.6. The van der Waals surface area contributed by atoms with Crippen LogP contribution in [0.1, 0.15) is 49.1 Å². The van der Waals surface area contributed by atoms with E-state index in [1.54, 1.807) is 7.11 Å². The standard InChI is InChI=1S/C24H27F2NO3/c1-29-22-9-7-16(13-23(22)30-19-4-2-3-5-19)18-12-17(24(28)27-14-18)10-15-6-8-20(25)21(26)11-15/h6-9,11,13,17-19H,2-5,10,12,14H2,1H3,(H,27,28)/t17-,18-/m1/s1. The molecule has 1 heterocycles. The maximum absolute atomic E-state index is 13.6. The molecule has 1 saturated carbocycles. The molecule has 0 spiro atoms. The highest BCUT2D eigenvalue weighted by Crippen LogP contribution is 2.37. The summed E-state index contributed by atoms with van der Waals surface area (Å²) in [5.41, 5.74) is 1.70. The van der Waals surface area contributed by atoms with Crippen molar-refractivity contribution in [3.05, 3.63) is 59.2 Å². The Morgan fingerprint density at radius 1 is 1.03 bits per heavy atom. The molecule has 4 nitrogen and oxygen atoms in total. The Labute approximate surface area is 175 Å². The molecule has 6 heteroatoms. The second-order valence-corrected chi connectivity index (χ2v) is 8.26. The van der Waals surface area contributed by atoms with Gasteiger partial charge in [-0.2, -0.15) is 0 Å². The lowest BCUT2D eigenvalue weighted by molar-refractivity contribution is -0.126. The van der Waals surface area contributed by atoms with Gasteiger partial charge >= 0.3 is 0 Å². The molecular formula is C24H27F2NO3. The molecule has 4 rings (SSSR count). The highest BCUT2D eigenvalue weighted by molar-refractivity contribution is 5.80. The molecule has 1 aliphatic carbocycles. The minimum Gasteiger partial charge on any atom is -0.493 e. The van der Waals surface area contributed by atoms with Gasteiger partial charge in [-0.05, 0) is 73.9 Å². The third kappa shape index (κ3) is 4.58. The van der Waals surface area contributed by atoms with Crippen LogP contribution in [-0.2, 0) is 11.2 Å². The normalized spacial score (nSPS) is 22.0. The second kappa shape index (κ2) is 9.02. The molecule has 0 bridgehead atoms. The first-order valence-electron chi connectivity index (χ1n) is 10.6. The van der Waals surface area contributed by atoms with E-state index in [1.165, 1.54) is 25.0 Å². The van der Waals surface area contributed by atoms with Crippen molar-refractivity contribution >= 4 is 5.91 Å². The van der Waals surface area contributed by atoms with Crippen LogP contribution in [0.2, 0.25) is 0 Å². The van der Waals surface area contributed by atoms with Crippen LogP contribution in [-0.4, -0.2) is 25.7 Å². The lowest BCUT2D eigenvalue weighted by Crippen LogP contribution is -2.41. The molecule has 2 aromatic carbocycles. The molecule has 1 amide bonds. The summed E-state index contributed by atoms with van der Waals surface area (Å²) < 4.78 is 38.4. The van der Waals surface area contributed by atoms with Crippen LogP contribution in [0.25, 0.3) is 0 Å². The molecule has 160 valence electrons. The van der Waals surface area contributed by atoms with Crippen LogP contribution < -0.4 is 14.8 Å². The van der Waals surface area contributed by atoms with E-state index in [2.05, 4.69) is 5.32 Å². The van der Waals surface area contributed by atoms with E-state index < -0.39 is 11.6 Å². The van der Waals surface area contributed by atoms with Crippen molar-refractivity contribution in [1.29, 1.82) is 0 Å². The zero-order valence-corrected chi connectivity index (χ0v) is 17.1. The quantitative estimate of drug-likeness (QED) is 0.740. The summed E-state index contributed by atoms with van der Waals surface area (Å²) in [4.78, 5) is 12.4. The van der Waals surface area contributed by atoms with Crippen molar-refractivity contribution in [3.63, 3.8) is 0 Å². The van der Waals surface area contributed by atoms with E-state index in [0.29, 0.717) is 30.7 Å². The molecule has 1 N–H and O–H groups in total. The predicted molar refractivity (Wildman–Crippen MR) is 110 cm³/mol. The minimum absolute atomic E-state index is 0.0491. The fourth-order valence-corrected chi connectivity index (χ4v) is 4.51. The zero-order valence-electron chi connectivity index (χ0n) is 17.1. The Morgan fingerprint density at radius 2 is 1.83 bits per heavy atom. The van der Waals surface area contributed by atoms with Crippen molar-refractivity contribution in [2.75, 3.05) is 13.7 Å². The number of carbonyl (C=O) groups excluding carboxylic acids is 1. The lowest BCUT2D eigenvalue weighted by atomic mass is 9.82. The van der Waals surface area contributed by atoms with Crippen molar-refractivity contribution in [3.8, 4) is 11.5 Å². The number of methoxy groups -OCH3 is 1. The highest BCUT2D eigenvalue weighted by atomic mass is 19.2. The van der Waals surface area contributed by atoms with E-state index >= 15 is 0 Å². The Bertz CT molecular complexity index is 911. The maximum atomic E-state index is 13.6. The third-order valence-corrected chi connectivity index (χ3v) is 6.18. The van der Waals surface area contributed by atoms with Gasteiger partial charge in [-0.15, -0.1) is 0 Å². The number of halogens is 2. The van der Waals surface area contributed by atoms with E-state index in [1.807, 2.05) is 18.2 Å². The van der Waals surface area contributed by atoms with Gasteiger partial charge < -0.3 is 14.8 Å². The van der Waals surface area contributed by atoms with E-state index in [9.17, 15) is 13.6 Å². The van der Waals surface area contributed by atoms with Gasteiger partial charge in [0.2, 0.25) is 5.91 Å². The van der Waals surface area contributed by atoms with E-state index in [0.717, 1.165) is 30.2 Å². The summed E-state index contributed by atoms with van der Waals surface area (Å²) in [6.45, 7) is 0.544. The zero-order chi connectivity index (χ0) is 21.1. The van der Waals surface area contributed by atoms with Crippen molar-refractivity contribution in [1.82, 2.24) is 5.32 Å². The van der Waals surface area contributed by atoms with Crippen molar-refractivity contribution in [2.45, 2.75) is 50.5 Å².